The molecule has 0 aliphatic rings. The highest BCUT2D eigenvalue weighted by Gasteiger charge is 2.02. The predicted octanol–water partition coefficient (Wildman–Crippen LogP) is 7.00. The van der Waals surface area contributed by atoms with E-state index < -0.39 is 0 Å². The quantitative estimate of drug-likeness (QED) is 0.353. The molecule has 1 unspecified atom stereocenters. The molecule has 0 saturated heterocycles. The van der Waals surface area contributed by atoms with Gasteiger partial charge in [-0.3, -0.25) is 0 Å². The molecule has 0 fully saturated rings. The maximum absolute atomic E-state index is 2.49. The first-order valence-electron chi connectivity index (χ1n) is 8.57. The van der Waals surface area contributed by atoms with Gasteiger partial charge in [-0.05, 0) is 50.4 Å². The average Bonchev–Trinajstić information content (AvgIpc) is 2.27. The van der Waals surface area contributed by atoms with Crippen LogP contribution in [0.25, 0.3) is 0 Å². The first-order chi connectivity index (χ1) is 8.91. The minimum atomic E-state index is 0.855. The summed E-state index contributed by atoms with van der Waals surface area (Å²) in [4.78, 5) is 0. The van der Waals surface area contributed by atoms with E-state index in [0.29, 0.717) is 0 Å². The van der Waals surface area contributed by atoms with E-state index in [1.807, 2.05) is 0 Å². The van der Waals surface area contributed by atoms with Gasteiger partial charge < -0.3 is 0 Å². The van der Waals surface area contributed by atoms with Crippen LogP contribution >= 0.6 is 0 Å². The van der Waals surface area contributed by atoms with Crippen LogP contribution in [0.15, 0.2) is 11.6 Å². The monoisotopic (exact) mass is 266 g/mol. The van der Waals surface area contributed by atoms with Crippen molar-refractivity contribution in [2.75, 3.05) is 0 Å². The van der Waals surface area contributed by atoms with E-state index in [1.165, 1.54) is 51.4 Å². The standard InChI is InChI=1S/C19H38/c1-16(2)10-7-12-18(5)14-9-15-19(6)13-8-11-17(3)4/h14,16-17,19H,7-13,15H2,1-6H3. The van der Waals surface area contributed by atoms with E-state index in [1.54, 1.807) is 5.57 Å². The molecule has 0 aromatic rings. The normalized spacial score (nSPS) is 14.4. The summed E-state index contributed by atoms with van der Waals surface area (Å²) in [6.45, 7) is 14.0. The second-order valence-electron chi connectivity index (χ2n) is 7.34. The van der Waals surface area contributed by atoms with E-state index in [9.17, 15) is 0 Å². The van der Waals surface area contributed by atoms with Crippen LogP contribution in [0.2, 0.25) is 0 Å². The number of allylic oxidation sites excluding steroid dienone is 2. The van der Waals surface area contributed by atoms with Crippen LogP contribution in [0.5, 0.6) is 0 Å². The van der Waals surface area contributed by atoms with Crippen molar-refractivity contribution in [3.63, 3.8) is 0 Å². The molecule has 0 heteroatoms. The Balaban J connectivity index is 3.58. The molecule has 114 valence electrons. The highest BCUT2D eigenvalue weighted by molar-refractivity contribution is 4.97. The number of hydrogen-bond donors (Lipinski definition) is 0. The van der Waals surface area contributed by atoms with Crippen LogP contribution < -0.4 is 0 Å². The molecule has 0 bridgehead atoms. The molecule has 0 aromatic heterocycles. The van der Waals surface area contributed by atoms with Gasteiger partial charge in [0.25, 0.3) is 0 Å². The summed E-state index contributed by atoms with van der Waals surface area (Å²) in [6, 6.07) is 0. The first kappa shape index (κ1) is 18.7. The fourth-order valence-corrected chi connectivity index (χ4v) is 2.52. The Morgan fingerprint density at radius 1 is 0.789 bits per heavy atom. The Kier molecular flexibility index (Phi) is 11.4. The Hall–Kier alpha value is -0.260. The predicted molar refractivity (Wildman–Crippen MR) is 89.5 cm³/mol. The smallest absolute Gasteiger partial charge is 0.0323 e. The molecule has 19 heavy (non-hydrogen) atoms. The van der Waals surface area contributed by atoms with E-state index >= 15 is 0 Å². The summed E-state index contributed by atoms with van der Waals surface area (Å²) in [5, 5.41) is 0. The topological polar surface area (TPSA) is 0 Å². The van der Waals surface area contributed by atoms with Crippen LogP contribution in [0.3, 0.4) is 0 Å². The van der Waals surface area contributed by atoms with Gasteiger partial charge in [0.1, 0.15) is 0 Å². The molecule has 0 radical (unpaired) electrons. The highest BCUT2D eigenvalue weighted by Crippen LogP contribution is 2.18. The van der Waals surface area contributed by atoms with E-state index in [4.69, 9.17) is 0 Å². The van der Waals surface area contributed by atoms with Crippen LogP contribution in [0.1, 0.15) is 92.9 Å². The van der Waals surface area contributed by atoms with Crippen molar-refractivity contribution in [1.82, 2.24) is 0 Å². The molecule has 0 aliphatic heterocycles. The summed E-state index contributed by atoms with van der Waals surface area (Å²) in [6.07, 6.45) is 13.4. The van der Waals surface area contributed by atoms with Crippen molar-refractivity contribution in [1.29, 1.82) is 0 Å². The van der Waals surface area contributed by atoms with Crippen molar-refractivity contribution < 1.29 is 0 Å². The largest absolute Gasteiger partial charge is 0.0856 e. The van der Waals surface area contributed by atoms with E-state index in [2.05, 4.69) is 47.6 Å². The molecule has 1 atom stereocenters. The van der Waals surface area contributed by atoms with Crippen LogP contribution in [-0.2, 0) is 0 Å². The second kappa shape index (κ2) is 11.6. The average molecular weight is 267 g/mol. The van der Waals surface area contributed by atoms with Gasteiger partial charge in [-0.25, -0.2) is 0 Å². The zero-order chi connectivity index (χ0) is 14.7. The molecule has 0 nitrogen and oxygen atoms in total. The van der Waals surface area contributed by atoms with Gasteiger partial charge in [-0.1, -0.05) is 72.0 Å². The summed E-state index contributed by atoms with van der Waals surface area (Å²) in [5.74, 6) is 2.63. The number of rotatable bonds is 11. The molecule has 0 aliphatic carbocycles. The lowest BCUT2D eigenvalue weighted by atomic mass is 9.95. The van der Waals surface area contributed by atoms with Crippen molar-refractivity contribution in [2.24, 2.45) is 17.8 Å². The summed E-state index contributed by atoms with van der Waals surface area (Å²) in [7, 11) is 0. The van der Waals surface area contributed by atoms with E-state index in [0.717, 1.165) is 17.8 Å². The molecule has 0 heterocycles. The minimum Gasteiger partial charge on any atom is -0.0856 e. The SMILES string of the molecule is CC(=CCCC(C)CCCC(C)C)CCCC(C)C. The Morgan fingerprint density at radius 2 is 1.37 bits per heavy atom. The minimum absolute atomic E-state index is 0.855. The molecule has 0 aromatic carbocycles. The third-order valence-corrected chi connectivity index (χ3v) is 3.98. The van der Waals surface area contributed by atoms with Gasteiger partial charge in [0, 0.05) is 0 Å². The molecule has 0 N–H and O–H groups in total. The maximum Gasteiger partial charge on any atom is -0.0323 e. The Morgan fingerprint density at radius 3 is 1.95 bits per heavy atom. The van der Waals surface area contributed by atoms with Crippen LogP contribution in [0, 0.1) is 17.8 Å². The third kappa shape index (κ3) is 14.0. The van der Waals surface area contributed by atoms with Crippen molar-refractivity contribution in [3.8, 4) is 0 Å². The second-order valence-corrected chi connectivity index (χ2v) is 7.34. The summed E-state index contributed by atoms with van der Waals surface area (Å²) >= 11 is 0. The van der Waals surface area contributed by atoms with Gasteiger partial charge in [0.05, 0.1) is 0 Å². The van der Waals surface area contributed by atoms with Gasteiger partial charge in [0.2, 0.25) is 0 Å². The molecule has 0 rings (SSSR count). The molecular weight excluding hydrogens is 228 g/mol. The fourth-order valence-electron chi connectivity index (χ4n) is 2.52. The third-order valence-electron chi connectivity index (χ3n) is 3.98. The molecule has 0 amide bonds. The van der Waals surface area contributed by atoms with Crippen molar-refractivity contribution in [2.45, 2.75) is 92.9 Å². The number of hydrogen-bond acceptors (Lipinski definition) is 0. The van der Waals surface area contributed by atoms with Crippen molar-refractivity contribution in [3.05, 3.63) is 11.6 Å². The molecule has 0 spiro atoms. The highest BCUT2D eigenvalue weighted by atomic mass is 14.1. The summed E-state index contributed by atoms with van der Waals surface area (Å²) < 4.78 is 0. The van der Waals surface area contributed by atoms with Crippen LogP contribution in [0.4, 0.5) is 0 Å². The lowest BCUT2D eigenvalue weighted by Gasteiger charge is -2.11. The van der Waals surface area contributed by atoms with Gasteiger partial charge >= 0.3 is 0 Å². The first-order valence-corrected chi connectivity index (χ1v) is 8.57. The van der Waals surface area contributed by atoms with Crippen LogP contribution in [-0.4, -0.2) is 0 Å². The van der Waals surface area contributed by atoms with Crippen molar-refractivity contribution >= 4 is 0 Å². The summed E-state index contributed by atoms with van der Waals surface area (Å²) in [5.41, 5.74) is 1.61. The lowest BCUT2D eigenvalue weighted by molar-refractivity contribution is 0.438. The zero-order valence-corrected chi connectivity index (χ0v) is 14.5. The molecular formula is C19H38. The maximum atomic E-state index is 2.49. The Labute approximate surface area is 123 Å². The Bertz CT molecular complexity index is 222. The molecule has 0 saturated carbocycles. The van der Waals surface area contributed by atoms with Gasteiger partial charge in [-0.15, -0.1) is 0 Å². The van der Waals surface area contributed by atoms with Gasteiger partial charge in [0.15, 0.2) is 0 Å². The van der Waals surface area contributed by atoms with E-state index in [-0.39, 0.29) is 0 Å². The van der Waals surface area contributed by atoms with Gasteiger partial charge in [-0.2, -0.15) is 0 Å². The lowest BCUT2D eigenvalue weighted by Crippen LogP contribution is -1.96. The fraction of sp³-hybridized carbons (Fsp3) is 0.895. The zero-order valence-electron chi connectivity index (χ0n) is 14.5.